The minimum absolute atomic E-state index is 0. The van der Waals surface area contributed by atoms with Crippen LogP contribution in [-0.4, -0.2) is 13.0 Å². The van der Waals surface area contributed by atoms with Gasteiger partial charge in [-0.3, -0.25) is 4.79 Å². The van der Waals surface area contributed by atoms with Crippen molar-refractivity contribution in [3.8, 4) is 0 Å². The summed E-state index contributed by atoms with van der Waals surface area (Å²) in [5, 5.41) is 2.88. The third kappa shape index (κ3) is 1.57. The number of amides is 1. The van der Waals surface area contributed by atoms with Crippen molar-refractivity contribution in [1.29, 1.82) is 0 Å². The van der Waals surface area contributed by atoms with E-state index in [0.29, 0.717) is 5.91 Å². The summed E-state index contributed by atoms with van der Waals surface area (Å²) in [6.45, 7) is 0. The zero-order valence-electron chi connectivity index (χ0n) is 9.29. The Labute approximate surface area is 97.6 Å². The molecule has 0 aromatic rings. The summed E-state index contributed by atoms with van der Waals surface area (Å²) < 4.78 is 0. The SMILES string of the molecule is CNC(=O)C12CC3CC(CC(C3)C1)C2.Cl. The zero-order chi connectivity index (χ0) is 9.76. The molecule has 86 valence electrons. The molecule has 0 spiro atoms. The van der Waals surface area contributed by atoms with Gasteiger partial charge in [0.15, 0.2) is 0 Å². The third-order valence-electron chi connectivity index (χ3n) is 4.75. The highest BCUT2D eigenvalue weighted by molar-refractivity contribution is 5.85. The summed E-state index contributed by atoms with van der Waals surface area (Å²) in [6, 6.07) is 0. The maximum Gasteiger partial charge on any atom is 0.225 e. The monoisotopic (exact) mass is 229 g/mol. The van der Waals surface area contributed by atoms with Gasteiger partial charge in [0.2, 0.25) is 5.91 Å². The molecule has 0 aliphatic heterocycles. The molecule has 4 aliphatic rings. The highest BCUT2D eigenvalue weighted by atomic mass is 35.5. The summed E-state index contributed by atoms with van der Waals surface area (Å²) in [6.07, 6.45) is 7.78. The number of hydrogen-bond donors (Lipinski definition) is 1. The first-order chi connectivity index (χ1) is 6.72. The highest BCUT2D eigenvalue weighted by Gasteiger charge is 2.54. The van der Waals surface area contributed by atoms with Gasteiger partial charge in [0.1, 0.15) is 0 Å². The van der Waals surface area contributed by atoms with E-state index in [1.807, 2.05) is 0 Å². The smallest absolute Gasteiger partial charge is 0.225 e. The van der Waals surface area contributed by atoms with Crippen LogP contribution >= 0.6 is 12.4 Å². The summed E-state index contributed by atoms with van der Waals surface area (Å²) in [5.74, 6) is 2.95. The van der Waals surface area contributed by atoms with E-state index >= 15 is 0 Å². The van der Waals surface area contributed by atoms with Crippen molar-refractivity contribution in [2.75, 3.05) is 7.05 Å². The largest absolute Gasteiger partial charge is 0.359 e. The minimum atomic E-state index is 0. The van der Waals surface area contributed by atoms with E-state index in [1.165, 1.54) is 38.5 Å². The van der Waals surface area contributed by atoms with E-state index in [1.54, 1.807) is 7.05 Å². The molecule has 2 nitrogen and oxygen atoms in total. The van der Waals surface area contributed by atoms with Crippen LogP contribution < -0.4 is 5.32 Å². The first-order valence-electron chi connectivity index (χ1n) is 5.94. The number of rotatable bonds is 1. The normalized spacial score (nSPS) is 46.1. The molecule has 1 N–H and O–H groups in total. The second-order valence-electron chi connectivity index (χ2n) is 5.78. The Bertz CT molecular complexity index is 242. The molecule has 0 aromatic carbocycles. The molecular weight excluding hydrogens is 210 g/mol. The quantitative estimate of drug-likeness (QED) is 0.735. The number of carbonyl (C=O) groups excluding carboxylic acids is 1. The van der Waals surface area contributed by atoms with Crippen molar-refractivity contribution >= 4 is 18.3 Å². The van der Waals surface area contributed by atoms with E-state index in [0.717, 1.165) is 17.8 Å². The lowest BCUT2D eigenvalue weighted by atomic mass is 9.49. The molecular formula is C12H20ClNO. The molecule has 15 heavy (non-hydrogen) atoms. The summed E-state index contributed by atoms with van der Waals surface area (Å²) in [4.78, 5) is 12.0. The lowest BCUT2D eigenvalue weighted by molar-refractivity contribution is -0.145. The Balaban J connectivity index is 0.000000853. The Morgan fingerprint density at radius 3 is 1.80 bits per heavy atom. The van der Waals surface area contributed by atoms with Gasteiger partial charge in [0.25, 0.3) is 0 Å². The fourth-order valence-electron chi connectivity index (χ4n) is 4.65. The molecule has 4 fully saturated rings. The molecule has 4 bridgehead atoms. The standard InChI is InChI=1S/C12H19NO.ClH/c1-13-11(14)12-5-8-2-9(6-12)4-10(3-8)7-12;/h8-10H,2-7H2,1H3,(H,13,14);1H. The van der Waals surface area contributed by atoms with Crippen molar-refractivity contribution < 1.29 is 4.79 Å². The Morgan fingerprint density at radius 2 is 1.47 bits per heavy atom. The average molecular weight is 230 g/mol. The molecule has 3 heteroatoms. The zero-order valence-corrected chi connectivity index (χ0v) is 10.1. The van der Waals surface area contributed by atoms with Crippen LogP contribution in [0.15, 0.2) is 0 Å². The highest BCUT2D eigenvalue weighted by Crippen LogP contribution is 2.59. The number of halogens is 1. The Hall–Kier alpha value is -0.240. The molecule has 4 rings (SSSR count). The van der Waals surface area contributed by atoms with Crippen LogP contribution in [0.25, 0.3) is 0 Å². The van der Waals surface area contributed by atoms with E-state index in [2.05, 4.69) is 5.32 Å². The number of carbonyl (C=O) groups is 1. The number of nitrogens with one attached hydrogen (secondary N) is 1. The summed E-state index contributed by atoms with van der Waals surface area (Å²) in [7, 11) is 1.79. The van der Waals surface area contributed by atoms with Crippen molar-refractivity contribution in [1.82, 2.24) is 5.32 Å². The van der Waals surface area contributed by atoms with Gasteiger partial charge in [0.05, 0.1) is 0 Å². The van der Waals surface area contributed by atoms with Gasteiger partial charge in [-0.1, -0.05) is 0 Å². The van der Waals surface area contributed by atoms with Gasteiger partial charge in [-0.2, -0.15) is 0 Å². The molecule has 1 amide bonds. The van der Waals surface area contributed by atoms with Crippen molar-refractivity contribution in [2.45, 2.75) is 38.5 Å². The van der Waals surface area contributed by atoms with Crippen LogP contribution in [0.5, 0.6) is 0 Å². The number of hydrogen-bond acceptors (Lipinski definition) is 1. The third-order valence-corrected chi connectivity index (χ3v) is 4.75. The van der Waals surface area contributed by atoms with E-state index in [-0.39, 0.29) is 17.8 Å². The lowest BCUT2D eigenvalue weighted by Crippen LogP contribution is -2.52. The fourth-order valence-corrected chi connectivity index (χ4v) is 4.65. The van der Waals surface area contributed by atoms with Crippen LogP contribution in [0.3, 0.4) is 0 Å². The second kappa shape index (κ2) is 3.65. The maximum atomic E-state index is 12.0. The Kier molecular flexibility index (Phi) is 2.74. The van der Waals surface area contributed by atoms with Crippen LogP contribution in [-0.2, 0) is 4.79 Å². The molecule has 4 saturated carbocycles. The van der Waals surface area contributed by atoms with E-state index in [9.17, 15) is 4.79 Å². The van der Waals surface area contributed by atoms with Crippen LogP contribution in [0.1, 0.15) is 38.5 Å². The van der Waals surface area contributed by atoms with E-state index < -0.39 is 0 Å². The van der Waals surface area contributed by atoms with Gasteiger partial charge in [-0.15, -0.1) is 12.4 Å². The van der Waals surface area contributed by atoms with Crippen molar-refractivity contribution in [3.05, 3.63) is 0 Å². The minimum Gasteiger partial charge on any atom is -0.359 e. The van der Waals surface area contributed by atoms with Crippen LogP contribution in [0.2, 0.25) is 0 Å². The van der Waals surface area contributed by atoms with Gasteiger partial charge < -0.3 is 5.32 Å². The molecule has 4 aliphatic carbocycles. The second-order valence-corrected chi connectivity index (χ2v) is 5.78. The molecule has 0 heterocycles. The molecule has 0 atom stereocenters. The first kappa shape index (κ1) is 11.3. The molecule has 0 unspecified atom stereocenters. The van der Waals surface area contributed by atoms with Gasteiger partial charge in [-0.05, 0) is 56.3 Å². The predicted molar refractivity (Wildman–Crippen MR) is 61.9 cm³/mol. The van der Waals surface area contributed by atoms with Crippen LogP contribution in [0.4, 0.5) is 0 Å². The van der Waals surface area contributed by atoms with Crippen molar-refractivity contribution in [3.63, 3.8) is 0 Å². The lowest BCUT2D eigenvalue weighted by Gasteiger charge is -2.55. The summed E-state index contributed by atoms with van der Waals surface area (Å²) in [5.41, 5.74) is 0.0590. The molecule has 0 radical (unpaired) electrons. The molecule has 0 saturated heterocycles. The van der Waals surface area contributed by atoms with E-state index in [4.69, 9.17) is 0 Å². The first-order valence-corrected chi connectivity index (χ1v) is 5.94. The maximum absolute atomic E-state index is 12.0. The summed E-state index contributed by atoms with van der Waals surface area (Å²) >= 11 is 0. The average Bonchev–Trinajstić information content (AvgIpc) is 2.14. The predicted octanol–water partition coefficient (Wildman–Crippen LogP) is 2.37. The van der Waals surface area contributed by atoms with Crippen molar-refractivity contribution in [2.24, 2.45) is 23.2 Å². The van der Waals surface area contributed by atoms with Gasteiger partial charge in [-0.25, -0.2) is 0 Å². The van der Waals surface area contributed by atoms with Crippen LogP contribution in [0, 0.1) is 23.2 Å². The van der Waals surface area contributed by atoms with Gasteiger partial charge in [0, 0.05) is 12.5 Å². The molecule has 0 aromatic heterocycles. The Morgan fingerprint density at radius 1 is 1.07 bits per heavy atom. The van der Waals surface area contributed by atoms with Gasteiger partial charge >= 0.3 is 0 Å². The fraction of sp³-hybridized carbons (Fsp3) is 0.917. The topological polar surface area (TPSA) is 29.1 Å².